The molecule has 0 saturated heterocycles. The number of rotatable bonds is 9. The average Bonchev–Trinajstić information content (AvgIpc) is 2.75. The van der Waals surface area contributed by atoms with Crippen LogP contribution in [0.4, 0.5) is 0 Å². The molecule has 22 heavy (non-hydrogen) atoms. The Balaban J connectivity index is 2.74. The SMILES string of the molecule is CCCc1c(C(=O)NCCOCC(=O)O)[nH]c(C)c1C(C)=O. The van der Waals surface area contributed by atoms with Crippen LogP contribution >= 0.6 is 0 Å². The maximum absolute atomic E-state index is 12.2. The van der Waals surface area contributed by atoms with Gasteiger partial charge in [-0.25, -0.2) is 4.79 Å². The number of amides is 1. The van der Waals surface area contributed by atoms with Crippen molar-refractivity contribution in [3.05, 3.63) is 22.5 Å². The summed E-state index contributed by atoms with van der Waals surface area (Å²) in [7, 11) is 0. The largest absolute Gasteiger partial charge is 0.480 e. The van der Waals surface area contributed by atoms with E-state index >= 15 is 0 Å². The summed E-state index contributed by atoms with van der Waals surface area (Å²) in [6, 6.07) is 0. The number of aromatic nitrogens is 1. The lowest BCUT2D eigenvalue weighted by Gasteiger charge is -2.07. The number of H-pyrrole nitrogens is 1. The van der Waals surface area contributed by atoms with Crippen molar-refractivity contribution >= 4 is 17.7 Å². The molecule has 3 N–H and O–H groups in total. The zero-order valence-electron chi connectivity index (χ0n) is 13.1. The van der Waals surface area contributed by atoms with Crippen LogP contribution in [0.2, 0.25) is 0 Å². The van der Waals surface area contributed by atoms with Gasteiger partial charge in [-0.2, -0.15) is 0 Å². The highest BCUT2D eigenvalue weighted by atomic mass is 16.5. The number of carboxylic acid groups (broad SMARTS) is 1. The molecule has 0 aliphatic rings. The zero-order chi connectivity index (χ0) is 16.7. The van der Waals surface area contributed by atoms with Gasteiger partial charge in [0.15, 0.2) is 5.78 Å². The minimum atomic E-state index is -1.05. The first-order chi connectivity index (χ1) is 10.4. The summed E-state index contributed by atoms with van der Waals surface area (Å²) in [4.78, 5) is 37.2. The van der Waals surface area contributed by atoms with Gasteiger partial charge in [0, 0.05) is 17.8 Å². The van der Waals surface area contributed by atoms with E-state index in [4.69, 9.17) is 9.84 Å². The molecule has 0 bridgehead atoms. The Morgan fingerprint density at radius 2 is 2.00 bits per heavy atom. The van der Waals surface area contributed by atoms with Gasteiger partial charge >= 0.3 is 5.97 Å². The zero-order valence-corrected chi connectivity index (χ0v) is 13.1. The molecule has 0 aliphatic carbocycles. The second-order valence-corrected chi connectivity index (χ2v) is 4.99. The number of carboxylic acids is 1. The number of Topliss-reactive ketones (excluding diaryl/α,β-unsaturated/α-hetero) is 1. The van der Waals surface area contributed by atoms with Crippen LogP contribution in [0.5, 0.6) is 0 Å². The van der Waals surface area contributed by atoms with Crippen molar-refractivity contribution in [1.82, 2.24) is 10.3 Å². The van der Waals surface area contributed by atoms with Crippen molar-refractivity contribution in [2.45, 2.75) is 33.6 Å². The summed E-state index contributed by atoms with van der Waals surface area (Å²) < 4.78 is 4.85. The van der Waals surface area contributed by atoms with Crippen molar-refractivity contribution in [2.24, 2.45) is 0 Å². The first-order valence-electron chi connectivity index (χ1n) is 7.18. The van der Waals surface area contributed by atoms with Gasteiger partial charge in [-0.05, 0) is 25.8 Å². The monoisotopic (exact) mass is 310 g/mol. The van der Waals surface area contributed by atoms with Gasteiger partial charge in [-0.15, -0.1) is 0 Å². The van der Waals surface area contributed by atoms with Crippen LogP contribution < -0.4 is 5.32 Å². The number of hydrogen-bond donors (Lipinski definition) is 3. The van der Waals surface area contributed by atoms with Crippen LogP contribution in [0.25, 0.3) is 0 Å². The molecule has 0 fully saturated rings. The van der Waals surface area contributed by atoms with E-state index in [9.17, 15) is 14.4 Å². The number of aliphatic carboxylic acids is 1. The molecule has 0 unspecified atom stereocenters. The number of ether oxygens (including phenoxy) is 1. The summed E-state index contributed by atoms with van der Waals surface area (Å²) >= 11 is 0. The van der Waals surface area contributed by atoms with E-state index in [2.05, 4.69) is 10.3 Å². The molecular weight excluding hydrogens is 288 g/mol. The van der Waals surface area contributed by atoms with Gasteiger partial charge in [0.1, 0.15) is 12.3 Å². The van der Waals surface area contributed by atoms with Crippen molar-refractivity contribution in [2.75, 3.05) is 19.8 Å². The van der Waals surface area contributed by atoms with Gasteiger partial charge in [0.25, 0.3) is 5.91 Å². The third-order valence-electron chi connectivity index (χ3n) is 3.13. The highest BCUT2D eigenvalue weighted by molar-refractivity contribution is 6.02. The first-order valence-corrected chi connectivity index (χ1v) is 7.18. The van der Waals surface area contributed by atoms with Crippen molar-refractivity contribution in [3.63, 3.8) is 0 Å². The molecule has 0 spiro atoms. The molecule has 1 heterocycles. The Bertz CT molecular complexity index is 563. The minimum absolute atomic E-state index is 0.0685. The van der Waals surface area contributed by atoms with E-state index in [0.717, 1.165) is 12.0 Å². The van der Waals surface area contributed by atoms with Gasteiger partial charge < -0.3 is 20.1 Å². The van der Waals surface area contributed by atoms with Gasteiger partial charge in [-0.1, -0.05) is 13.3 Å². The Labute approximate surface area is 129 Å². The molecule has 0 saturated carbocycles. The quantitative estimate of drug-likeness (QED) is 0.471. The molecule has 7 nitrogen and oxygen atoms in total. The standard InChI is InChI=1S/C15H22N2O5/c1-4-5-11-13(10(3)18)9(2)17-14(11)15(21)16-6-7-22-8-12(19)20/h17H,4-8H2,1-3H3,(H,16,21)(H,19,20). The van der Waals surface area contributed by atoms with E-state index in [-0.39, 0.29) is 24.8 Å². The van der Waals surface area contributed by atoms with E-state index in [1.54, 1.807) is 6.92 Å². The first kappa shape index (κ1) is 17.9. The smallest absolute Gasteiger partial charge is 0.329 e. The second-order valence-electron chi connectivity index (χ2n) is 4.99. The second kappa shape index (κ2) is 8.33. The minimum Gasteiger partial charge on any atom is -0.480 e. The van der Waals surface area contributed by atoms with Crippen LogP contribution in [0, 0.1) is 6.92 Å². The molecule has 122 valence electrons. The number of hydrogen-bond acceptors (Lipinski definition) is 4. The number of carbonyl (C=O) groups is 3. The van der Waals surface area contributed by atoms with E-state index < -0.39 is 12.6 Å². The normalized spacial score (nSPS) is 10.5. The topological polar surface area (TPSA) is 108 Å². The number of ketones is 1. The lowest BCUT2D eigenvalue weighted by molar-refractivity contribution is -0.142. The van der Waals surface area contributed by atoms with E-state index in [1.165, 1.54) is 6.92 Å². The molecule has 7 heteroatoms. The van der Waals surface area contributed by atoms with Crippen LogP contribution in [-0.2, 0) is 16.0 Å². The van der Waals surface area contributed by atoms with Crippen LogP contribution in [0.1, 0.15) is 52.4 Å². The van der Waals surface area contributed by atoms with Crippen molar-refractivity contribution in [3.8, 4) is 0 Å². The fourth-order valence-corrected chi connectivity index (χ4v) is 2.33. The Hall–Kier alpha value is -2.15. The van der Waals surface area contributed by atoms with Gasteiger partial charge in [-0.3, -0.25) is 9.59 Å². The number of aryl methyl sites for hydroxylation is 1. The molecule has 0 atom stereocenters. The van der Waals surface area contributed by atoms with Crippen molar-refractivity contribution in [1.29, 1.82) is 0 Å². The highest BCUT2D eigenvalue weighted by Crippen LogP contribution is 2.21. The van der Waals surface area contributed by atoms with Crippen LogP contribution in [-0.4, -0.2) is 47.5 Å². The lowest BCUT2D eigenvalue weighted by atomic mass is 10.0. The predicted octanol–water partition coefficient (Wildman–Crippen LogP) is 1.31. The van der Waals surface area contributed by atoms with Crippen LogP contribution in [0.3, 0.4) is 0 Å². The molecular formula is C15H22N2O5. The third kappa shape index (κ3) is 4.70. The number of nitrogens with one attached hydrogen (secondary N) is 2. The van der Waals surface area contributed by atoms with Crippen LogP contribution in [0.15, 0.2) is 0 Å². The molecule has 1 amide bonds. The maximum Gasteiger partial charge on any atom is 0.329 e. The molecule has 1 rings (SSSR count). The summed E-state index contributed by atoms with van der Waals surface area (Å²) in [5, 5.41) is 11.1. The van der Waals surface area contributed by atoms with E-state index in [0.29, 0.717) is 23.4 Å². The molecule has 1 aromatic rings. The third-order valence-corrected chi connectivity index (χ3v) is 3.13. The summed E-state index contributed by atoms with van der Waals surface area (Å²) in [6.07, 6.45) is 1.46. The maximum atomic E-state index is 12.2. The Morgan fingerprint density at radius 3 is 2.55 bits per heavy atom. The van der Waals surface area contributed by atoms with E-state index in [1.807, 2.05) is 6.92 Å². The Kier molecular flexibility index (Phi) is 6.78. The average molecular weight is 310 g/mol. The predicted molar refractivity (Wildman–Crippen MR) is 80.3 cm³/mol. The lowest BCUT2D eigenvalue weighted by Crippen LogP contribution is -2.29. The summed E-state index contributed by atoms with van der Waals surface area (Å²) in [6.45, 7) is 5.14. The molecule has 0 radical (unpaired) electrons. The fraction of sp³-hybridized carbons (Fsp3) is 0.533. The molecule has 1 aromatic heterocycles. The summed E-state index contributed by atoms with van der Waals surface area (Å²) in [5.74, 6) is -1.44. The van der Waals surface area contributed by atoms with Gasteiger partial charge in [0.2, 0.25) is 0 Å². The fourth-order valence-electron chi connectivity index (χ4n) is 2.33. The van der Waals surface area contributed by atoms with Gasteiger partial charge in [0.05, 0.1) is 6.61 Å². The number of aromatic amines is 1. The summed E-state index contributed by atoms with van der Waals surface area (Å²) in [5.41, 5.74) is 2.39. The van der Waals surface area contributed by atoms with Crippen molar-refractivity contribution < 1.29 is 24.2 Å². The molecule has 0 aliphatic heterocycles. The Morgan fingerprint density at radius 1 is 1.32 bits per heavy atom. The molecule has 0 aromatic carbocycles. The number of carbonyl (C=O) groups excluding carboxylic acids is 2. The highest BCUT2D eigenvalue weighted by Gasteiger charge is 2.21.